The predicted molar refractivity (Wildman–Crippen MR) is 113 cm³/mol. The quantitative estimate of drug-likeness (QED) is 0.518. The fraction of sp³-hybridized carbons (Fsp3) is 0.304. The lowest BCUT2D eigenvalue weighted by Crippen LogP contribution is -2.08. The summed E-state index contributed by atoms with van der Waals surface area (Å²) in [5, 5.41) is 1.48. The van der Waals surface area contributed by atoms with E-state index in [0.29, 0.717) is 40.4 Å². The van der Waals surface area contributed by atoms with Crippen molar-refractivity contribution in [1.29, 1.82) is 0 Å². The summed E-state index contributed by atoms with van der Waals surface area (Å²) in [6.45, 7) is 2.05. The van der Waals surface area contributed by atoms with Gasteiger partial charge in [-0.25, -0.2) is 4.79 Å². The lowest BCUT2D eigenvalue weighted by Gasteiger charge is -2.15. The van der Waals surface area contributed by atoms with E-state index in [9.17, 15) is 4.79 Å². The Kier molecular flexibility index (Phi) is 6.61. The van der Waals surface area contributed by atoms with Crippen LogP contribution in [0.5, 0.6) is 23.0 Å². The van der Waals surface area contributed by atoms with Crippen molar-refractivity contribution in [2.45, 2.75) is 13.3 Å². The molecule has 3 aromatic rings. The Morgan fingerprint density at radius 2 is 1.43 bits per heavy atom. The Morgan fingerprint density at radius 3 is 2.03 bits per heavy atom. The highest BCUT2D eigenvalue weighted by molar-refractivity contribution is 6.05. The molecule has 1 aromatic heterocycles. The minimum absolute atomic E-state index is 0.279. The summed E-state index contributed by atoms with van der Waals surface area (Å²) in [6, 6.07) is 9.33. The molecule has 7 nitrogen and oxygen atoms in total. The van der Waals surface area contributed by atoms with Gasteiger partial charge in [0.2, 0.25) is 0 Å². The summed E-state index contributed by atoms with van der Waals surface area (Å²) in [6.07, 6.45) is 2.07. The van der Waals surface area contributed by atoms with Crippen molar-refractivity contribution in [3.8, 4) is 23.0 Å². The van der Waals surface area contributed by atoms with Crippen LogP contribution in [0.3, 0.4) is 0 Å². The molecule has 0 radical (unpaired) electrons. The zero-order valence-corrected chi connectivity index (χ0v) is 17.8. The number of pyridine rings is 1. The van der Waals surface area contributed by atoms with E-state index in [2.05, 4.69) is 4.98 Å². The monoisotopic (exact) mass is 411 g/mol. The number of ether oxygens (including phenoxy) is 5. The van der Waals surface area contributed by atoms with Crippen molar-refractivity contribution in [2.75, 3.05) is 35.0 Å². The zero-order valence-electron chi connectivity index (χ0n) is 17.8. The molecular weight excluding hydrogens is 386 g/mol. The summed E-state index contributed by atoms with van der Waals surface area (Å²) in [5.41, 5.74) is 2.15. The number of rotatable bonds is 8. The highest BCUT2D eigenvalue weighted by atomic mass is 16.5. The Balaban J connectivity index is 2.15. The molecule has 7 heteroatoms. The number of methoxy groups -OCH3 is 4. The summed E-state index contributed by atoms with van der Waals surface area (Å²) in [4.78, 5) is 17.0. The molecule has 0 bridgehead atoms. The first-order chi connectivity index (χ1) is 14.6. The number of hydrogen-bond acceptors (Lipinski definition) is 7. The maximum Gasteiger partial charge on any atom is 0.340 e. The van der Waals surface area contributed by atoms with Gasteiger partial charge in [-0.05, 0) is 36.8 Å². The second-order valence-corrected chi connectivity index (χ2v) is 6.46. The van der Waals surface area contributed by atoms with E-state index < -0.39 is 5.97 Å². The van der Waals surface area contributed by atoms with Crippen LogP contribution in [-0.2, 0) is 11.2 Å². The minimum atomic E-state index is -0.431. The fourth-order valence-corrected chi connectivity index (χ4v) is 3.32. The molecule has 0 saturated heterocycles. The molecule has 30 heavy (non-hydrogen) atoms. The van der Waals surface area contributed by atoms with Crippen LogP contribution in [0.15, 0.2) is 36.5 Å². The summed E-state index contributed by atoms with van der Waals surface area (Å²) >= 11 is 0. The van der Waals surface area contributed by atoms with Gasteiger partial charge in [-0.15, -0.1) is 0 Å². The number of carbonyl (C=O) groups excluding carboxylic acids is 1. The molecule has 0 aliphatic heterocycles. The largest absolute Gasteiger partial charge is 0.493 e. The minimum Gasteiger partial charge on any atom is -0.493 e. The average Bonchev–Trinajstić information content (AvgIpc) is 2.78. The molecule has 2 aromatic carbocycles. The number of carbonyl (C=O) groups is 1. The molecule has 158 valence electrons. The number of esters is 1. The van der Waals surface area contributed by atoms with Crippen LogP contribution >= 0.6 is 0 Å². The molecule has 0 aliphatic rings. The molecule has 0 atom stereocenters. The Bertz CT molecular complexity index is 1060. The van der Waals surface area contributed by atoms with Gasteiger partial charge in [0.25, 0.3) is 0 Å². The Morgan fingerprint density at radius 1 is 0.833 bits per heavy atom. The van der Waals surface area contributed by atoms with Crippen LogP contribution in [0.2, 0.25) is 0 Å². The molecule has 0 spiro atoms. The number of hydrogen-bond donors (Lipinski definition) is 0. The molecule has 0 saturated carbocycles. The highest BCUT2D eigenvalue weighted by Gasteiger charge is 2.18. The van der Waals surface area contributed by atoms with Gasteiger partial charge in [0.1, 0.15) is 0 Å². The SMILES string of the molecule is CCOC(=O)c1cnc(Cc2ccc(OC)c(OC)c2)c2cc(OC)c(OC)cc12. The zero-order chi connectivity index (χ0) is 21.7. The van der Waals surface area contributed by atoms with Gasteiger partial charge < -0.3 is 23.7 Å². The first kappa shape index (κ1) is 21.2. The topological polar surface area (TPSA) is 76.1 Å². The van der Waals surface area contributed by atoms with Gasteiger partial charge in [-0.1, -0.05) is 6.07 Å². The van der Waals surface area contributed by atoms with Gasteiger partial charge >= 0.3 is 5.97 Å². The standard InChI is InChI=1S/C23H25NO6/c1-6-30-23(25)17-13-24-18(9-14-7-8-19(26-2)20(10-14)27-3)16-12-22(29-5)21(28-4)11-15(16)17/h7-8,10-13H,6,9H2,1-5H3. The number of nitrogens with zero attached hydrogens (tertiary/aromatic N) is 1. The van der Waals surface area contributed by atoms with E-state index in [1.54, 1.807) is 47.6 Å². The second-order valence-electron chi connectivity index (χ2n) is 6.46. The molecule has 1 heterocycles. The lowest BCUT2D eigenvalue weighted by molar-refractivity contribution is 0.0528. The van der Waals surface area contributed by atoms with Crippen molar-refractivity contribution in [3.05, 3.63) is 53.3 Å². The van der Waals surface area contributed by atoms with E-state index in [4.69, 9.17) is 23.7 Å². The Labute approximate surface area is 175 Å². The maximum atomic E-state index is 12.5. The van der Waals surface area contributed by atoms with Gasteiger partial charge in [0.15, 0.2) is 23.0 Å². The van der Waals surface area contributed by atoms with Gasteiger partial charge in [0, 0.05) is 23.4 Å². The van der Waals surface area contributed by atoms with Crippen LogP contribution in [0.1, 0.15) is 28.5 Å². The van der Waals surface area contributed by atoms with Crippen LogP contribution in [0.25, 0.3) is 10.8 Å². The lowest BCUT2D eigenvalue weighted by atomic mass is 9.99. The van der Waals surface area contributed by atoms with Crippen LogP contribution < -0.4 is 18.9 Å². The molecule has 3 rings (SSSR count). The molecule has 0 N–H and O–H groups in total. The normalized spacial score (nSPS) is 10.6. The van der Waals surface area contributed by atoms with E-state index in [0.717, 1.165) is 16.6 Å². The third-order valence-corrected chi connectivity index (χ3v) is 4.79. The van der Waals surface area contributed by atoms with E-state index >= 15 is 0 Å². The van der Waals surface area contributed by atoms with Crippen LogP contribution in [0.4, 0.5) is 0 Å². The van der Waals surface area contributed by atoms with Crippen molar-refractivity contribution < 1.29 is 28.5 Å². The molecule has 0 unspecified atom stereocenters. The summed E-state index contributed by atoms with van der Waals surface area (Å²) in [7, 11) is 6.32. The van der Waals surface area contributed by atoms with Crippen molar-refractivity contribution >= 4 is 16.7 Å². The summed E-state index contributed by atoms with van der Waals surface area (Å²) < 4.78 is 26.8. The third kappa shape index (κ3) is 4.10. The van der Waals surface area contributed by atoms with Crippen molar-refractivity contribution in [2.24, 2.45) is 0 Å². The molecule has 0 amide bonds. The highest BCUT2D eigenvalue weighted by Crippen LogP contribution is 2.36. The molecular formula is C23H25NO6. The first-order valence-electron chi connectivity index (χ1n) is 9.47. The van der Waals surface area contributed by atoms with Crippen LogP contribution in [0, 0.1) is 0 Å². The van der Waals surface area contributed by atoms with Gasteiger partial charge in [-0.2, -0.15) is 0 Å². The van der Waals surface area contributed by atoms with Crippen molar-refractivity contribution in [1.82, 2.24) is 4.98 Å². The number of benzene rings is 2. The smallest absolute Gasteiger partial charge is 0.340 e. The molecule has 0 aliphatic carbocycles. The summed E-state index contributed by atoms with van der Waals surface area (Å²) in [5.74, 6) is 1.95. The Hall–Kier alpha value is -3.48. The van der Waals surface area contributed by atoms with Gasteiger partial charge in [-0.3, -0.25) is 4.98 Å². The van der Waals surface area contributed by atoms with E-state index in [-0.39, 0.29) is 6.61 Å². The van der Waals surface area contributed by atoms with Crippen molar-refractivity contribution in [3.63, 3.8) is 0 Å². The van der Waals surface area contributed by atoms with Gasteiger partial charge in [0.05, 0.1) is 46.3 Å². The van der Waals surface area contributed by atoms with Crippen LogP contribution in [-0.4, -0.2) is 46.0 Å². The number of aromatic nitrogens is 1. The third-order valence-electron chi connectivity index (χ3n) is 4.79. The average molecular weight is 411 g/mol. The molecule has 0 fully saturated rings. The predicted octanol–water partition coefficient (Wildman–Crippen LogP) is 4.04. The fourth-order valence-electron chi connectivity index (χ4n) is 3.32. The van der Waals surface area contributed by atoms with E-state index in [1.807, 2.05) is 24.3 Å². The van der Waals surface area contributed by atoms with E-state index in [1.165, 1.54) is 0 Å². The number of fused-ring (bicyclic) bond motifs is 1. The maximum absolute atomic E-state index is 12.5. The first-order valence-corrected chi connectivity index (χ1v) is 9.47. The second kappa shape index (κ2) is 9.35.